The fourth-order valence-electron chi connectivity index (χ4n) is 3.91. The lowest BCUT2D eigenvalue weighted by Gasteiger charge is -2.40. The number of Topliss-reactive ketones (excluding diaryl/α,β-unsaturated/α-hetero) is 1. The molecular formula is C15H22O4. The van der Waals surface area contributed by atoms with Crippen molar-refractivity contribution in [1.29, 1.82) is 0 Å². The SMILES string of the molecule is CC(C)C(=O)[C@@]12C=C(C(=O)O)CC[C@H]1[C@H](C)C[C@@H]2O. The van der Waals surface area contributed by atoms with Crippen molar-refractivity contribution in [2.75, 3.05) is 0 Å². The Morgan fingerprint density at radius 2 is 2.05 bits per heavy atom. The molecule has 0 aromatic heterocycles. The van der Waals surface area contributed by atoms with Crippen LogP contribution in [0.15, 0.2) is 11.6 Å². The van der Waals surface area contributed by atoms with Crippen molar-refractivity contribution in [2.24, 2.45) is 23.2 Å². The normalized spacial score (nSPS) is 37.9. The monoisotopic (exact) mass is 266 g/mol. The van der Waals surface area contributed by atoms with Crippen LogP contribution in [0.2, 0.25) is 0 Å². The number of carbonyl (C=O) groups is 2. The van der Waals surface area contributed by atoms with Crippen molar-refractivity contribution in [3.05, 3.63) is 11.6 Å². The van der Waals surface area contributed by atoms with Crippen LogP contribution in [0.3, 0.4) is 0 Å². The summed E-state index contributed by atoms with van der Waals surface area (Å²) in [4.78, 5) is 23.8. The molecule has 2 aliphatic rings. The number of carboxylic acids is 1. The smallest absolute Gasteiger partial charge is 0.331 e. The van der Waals surface area contributed by atoms with E-state index in [1.807, 2.05) is 20.8 Å². The van der Waals surface area contributed by atoms with Gasteiger partial charge >= 0.3 is 5.97 Å². The molecule has 4 nitrogen and oxygen atoms in total. The summed E-state index contributed by atoms with van der Waals surface area (Å²) in [5.74, 6) is -0.870. The Kier molecular flexibility index (Phi) is 3.56. The third kappa shape index (κ3) is 2.02. The number of hydrogen-bond acceptors (Lipinski definition) is 3. The number of rotatable bonds is 3. The molecule has 0 amide bonds. The average molecular weight is 266 g/mol. The van der Waals surface area contributed by atoms with Crippen LogP contribution in [0.25, 0.3) is 0 Å². The number of fused-ring (bicyclic) bond motifs is 1. The second kappa shape index (κ2) is 4.75. The quantitative estimate of drug-likeness (QED) is 0.819. The van der Waals surface area contributed by atoms with Crippen LogP contribution >= 0.6 is 0 Å². The zero-order valence-electron chi connectivity index (χ0n) is 11.7. The van der Waals surface area contributed by atoms with Gasteiger partial charge in [-0.3, -0.25) is 4.79 Å². The van der Waals surface area contributed by atoms with E-state index in [9.17, 15) is 19.8 Å². The summed E-state index contributed by atoms with van der Waals surface area (Å²) >= 11 is 0. The van der Waals surface area contributed by atoms with E-state index in [1.54, 1.807) is 6.08 Å². The Hall–Kier alpha value is -1.16. The van der Waals surface area contributed by atoms with Crippen molar-refractivity contribution in [3.63, 3.8) is 0 Å². The average Bonchev–Trinajstić information content (AvgIpc) is 2.60. The zero-order valence-corrected chi connectivity index (χ0v) is 11.7. The molecule has 0 radical (unpaired) electrons. The first kappa shape index (κ1) is 14.3. The summed E-state index contributed by atoms with van der Waals surface area (Å²) < 4.78 is 0. The second-order valence-electron chi connectivity index (χ2n) is 6.30. The van der Waals surface area contributed by atoms with Crippen molar-refractivity contribution in [3.8, 4) is 0 Å². The second-order valence-corrected chi connectivity index (χ2v) is 6.30. The number of aliphatic hydroxyl groups excluding tert-OH is 1. The number of aliphatic carboxylic acids is 1. The van der Waals surface area contributed by atoms with Crippen LogP contribution in [-0.2, 0) is 9.59 Å². The molecule has 0 saturated heterocycles. The van der Waals surface area contributed by atoms with Crippen molar-refractivity contribution < 1.29 is 19.8 Å². The minimum absolute atomic E-state index is 0.0206. The number of hydrogen-bond donors (Lipinski definition) is 2. The topological polar surface area (TPSA) is 74.6 Å². The third-order valence-electron chi connectivity index (χ3n) is 4.81. The molecule has 0 heterocycles. The molecule has 0 spiro atoms. The number of ketones is 1. The van der Waals surface area contributed by atoms with Crippen LogP contribution in [0.5, 0.6) is 0 Å². The lowest BCUT2D eigenvalue weighted by atomic mass is 9.63. The minimum Gasteiger partial charge on any atom is -0.478 e. The lowest BCUT2D eigenvalue weighted by Crippen LogP contribution is -2.46. The van der Waals surface area contributed by atoms with Crippen LogP contribution < -0.4 is 0 Å². The van der Waals surface area contributed by atoms with Crippen molar-refractivity contribution in [2.45, 2.75) is 46.1 Å². The molecule has 2 aliphatic carbocycles. The summed E-state index contributed by atoms with van der Waals surface area (Å²) in [7, 11) is 0. The number of carboxylic acid groups (broad SMARTS) is 1. The Bertz CT molecular complexity index is 437. The van der Waals surface area contributed by atoms with E-state index in [-0.39, 0.29) is 29.1 Å². The molecule has 4 atom stereocenters. The molecule has 1 fully saturated rings. The summed E-state index contributed by atoms with van der Waals surface area (Å²) in [6, 6.07) is 0. The van der Waals surface area contributed by atoms with Gasteiger partial charge in [-0.15, -0.1) is 0 Å². The van der Waals surface area contributed by atoms with Gasteiger partial charge in [-0.05, 0) is 31.1 Å². The molecule has 0 bridgehead atoms. The standard InChI is InChI=1S/C15H22O4/c1-8(2)13(17)15-7-10(14(18)19)4-5-11(15)9(3)6-12(15)16/h7-9,11-12,16H,4-6H2,1-3H3,(H,18,19)/t9-,11+,12+,15+/m1/s1. The summed E-state index contributed by atoms with van der Waals surface area (Å²) in [6.45, 7) is 5.67. The van der Waals surface area contributed by atoms with Gasteiger partial charge in [-0.2, -0.15) is 0 Å². The van der Waals surface area contributed by atoms with Gasteiger partial charge in [-0.25, -0.2) is 4.79 Å². The van der Waals surface area contributed by atoms with E-state index in [0.29, 0.717) is 19.3 Å². The van der Waals surface area contributed by atoms with E-state index in [0.717, 1.165) is 0 Å². The van der Waals surface area contributed by atoms with Crippen LogP contribution in [0.1, 0.15) is 40.0 Å². The Balaban J connectivity index is 2.54. The van der Waals surface area contributed by atoms with E-state index in [1.165, 1.54) is 0 Å². The molecule has 1 saturated carbocycles. The fourth-order valence-corrected chi connectivity index (χ4v) is 3.91. The predicted octanol–water partition coefficient (Wildman–Crippen LogP) is 2.02. The highest BCUT2D eigenvalue weighted by Gasteiger charge is 2.58. The molecule has 106 valence electrons. The van der Waals surface area contributed by atoms with Crippen LogP contribution in [0.4, 0.5) is 0 Å². The van der Waals surface area contributed by atoms with Crippen molar-refractivity contribution in [1.82, 2.24) is 0 Å². The van der Waals surface area contributed by atoms with Crippen LogP contribution in [0, 0.1) is 23.2 Å². The van der Waals surface area contributed by atoms with Gasteiger partial charge in [0.1, 0.15) is 5.78 Å². The molecule has 0 aromatic carbocycles. The maximum atomic E-state index is 12.6. The largest absolute Gasteiger partial charge is 0.478 e. The highest BCUT2D eigenvalue weighted by Crippen LogP contribution is 2.55. The molecular weight excluding hydrogens is 244 g/mol. The highest BCUT2D eigenvalue weighted by molar-refractivity contribution is 5.94. The van der Waals surface area contributed by atoms with Gasteiger partial charge in [0.05, 0.1) is 11.5 Å². The Morgan fingerprint density at radius 1 is 1.42 bits per heavy atom. The van der Waals surface area contributed by atoms with Crippen LogP contribution in [-0.4, -0.2) is 28.1 Å². The zero-order chi connectivity index (χ0) is 14.4. The molecule has 2 N–H and O–H groups in total. The molecule has 0 unspecified atom stereocenters. The first-order valence-corrected chi connectivity index (χ1v) is 6.98. The van der Waals surface area contributed by atoms with Gasteiger partial charge in [-0.1, -0.05) is 26.8 Å². The lowest BCUT2D eigenvalue weighted by molar-refractivity contribution is -0.137. The van der Waals surface area contributed by atoms with Gasteiger partial charge in [0.25, 0.3) is 0 Å². The first-order chi connectivity index (χ1) is 8.80. The van der Waals surface area contributed by atoms with Gasteiger partial charge in [0.2, 0.25) is 0 Å². The summed E-state index contributed by atoms with van der Waals surface area (Å²) in [5, 5.41) is 19.6. The highest BCUT2D eigenvalue weighted by atomic mass is 16.4. The van der Waals surface area contributed by atoms with E-state index >= 15 is 0 Å². The van der Waals surface area contributed by atoms with E-state index in [2.05, 4.69) is 0 Å². The summed E-state index contributed by atoms with van der Waals surface area (Å²) in [6.07, 6.45) is 2.56. The molecule has 2 rings (SSSR count). The fraction of sp³-hybridized carbons (Fsp3) is 0.733. The molecule has 0 aromatic rings. The van der Waals surface area contributed by atoms with Gasteiger partial charge < -0.3 is 10.2 Å². The minimum atomic E-state index is -0.973. The van der Waals surface area contributed by atoms with E-state index in [4.69, 9.17) is 0 Å². The summed E-state index contributed by atoms with van der Waals surface area (Å²) in [5.41, 5.74) is -0.696. The Labute approximate surface area is 113 Å². The maximum Gasteiger partial charge on any atom is 0.331 e. The Morgan fingerprint density at radius 3 is 2.58 bits per heavy atom. The third-order valence-corrected chi connectivity index (χ3v) is 4.81. The molecule has 19 heavy (non-hydrogen) atoms. The number of aliphatic hydroxyl groups is 1. The number of carbonyl (C=O) groups excluding carboxylic acids is 1. The molecule has 0 aliphatic heterocycles. The molecule has 4 heteroatoms. The van der Waals surface area contributed by atoms with Crippen molar-refractivity contribution >= 4 is 11.8 Å². The predicted molar refractivity (Wildman–Crippen MR) is 70.5 cm³/mol. The first-order valence-electron chi connectivity index (χ1n) is 6.98. The maximum absolute atomic E-state index is 12.6. The van der Waals surface area contributed by atoms with E-state index < -0.39 is 17.5 Å². The van der Waals surface area contributed by atoms with Gasteiger partial charge in [0.15, 0.2) is 0 Å². The van der Waals surface area contributed by atoms with Gasteiger partial charge in [0, 0.05) is 11.5 Å².